The maximum atomic E-state index is 10.6. The van der Waals surface area contributed by atoms with E-state index in [1.54, 1.807) is 6.07 Å². The first-order valence-electron chi connectivity index (χ1n) is 4.49. The van der Waals surface area contributed by atoms with Gasteiger partial charge in [-0.25, -0.2) is 4.79 Å². The van der Waals surface area contributed by atoms with E-state index in [9.17, 15) is 4.79 Å². The molecule has 0 aromatic carbocycles. The van der Waals surface area contributed by atoms with E-state index in [0.29, 0.717) is 6.61 Å². The van der Waals surface area contributed by atoms with Crippen LogP contribution in [0.2, 0.25) is 0 Å². The number of aromatic nitrogens is 2. The molecule has 1 fully saturated rings. The summed E-state index contributed by atoms with van der Waals surface area (Å²) in [5.41, 5.74) is 0.793. The number of ether oxygens (including phenoxy) is 1. The van der Waals surface area contributed by atoms with Gasteiger partial charge in [0.25, 0.3) is 0 Å². The monoisotopic (exact) mass is 196 g/mol. The van der Waals surface area contributed by atoms with Crippen LogP contribution in [0.25, 0.3) is 0 Å². The minimum absolute atomic E-state index is 0.0631. The summed E-state index contributed by atoms with van der Waals surface area (Å²) in [6, 6.07) is 1.58. The van der Waals surface area contributed by atoms with Gasteiger partial charge < -0.3 is 9.84 Å². The quantitative estimate of drug-likeness (QED) is 0.733. The number of nitrogens with one attached hydrogen (secondary N) is 1. The lowest BCUT2D eigenvalue weighted by atomic mass is 9.86. The van der Waals surface area contributed by atoms with E-state index in [-0.39, 0.29) is 11.1 Å². The third kappa shape index (κ3) is 1.39. The molecule has 1 aliphatic heterocycles. The molecule has 1 aliphatic rings. The topological polar surface area (TPSA) is 75.2 Å². The molecule has 76 valence electrons. The van der Waals surface area contributed by atoms with Crippen molar-refractivity contribution >= 4 is 5.97 Å². The highest BCUT2D eigenvalue weighted by atomic mass is 16.5. The van der Waals surface area contributed by atoms with E-state index in [0.717, 1.165) is 18.7 Å². The summed E-state index contributed by atoms with van der Waals surface area (Å²) >= 11 is 0. The van der Waals surface area contributed by atoms with Gasteiger partial charge in [-0.2, -0.15) is 5.10 Å². The van der Waals surface area contributed by atoms with Crippen molar-refractivity contribution in [1.29, 1.82) is 0 Å². The Morgan fingerprint density at radius 3 is 3.07 bits per heavy atom. The van der Waals surface area contributed by atoms with Gasteiger partial charge in [-0.3, -0.25) is 5.10 Å². The summed E-state index contributed by atoms with van der Waals surface area (Å²) in [6.45, 7) is 3.38. The van der Waals surface area contributed by atoms with Crippen LogP contribution < -0.4 is 0 Å². The molecule has 1 aromatic heterocycles. The van der Waals surface area contributed by atoms with Crippen molar-refractivity contribution in [3.8, 4) is 0 Å². The Labute approximate surface area is 81.1 Å². The zero-order chi connectivity index (χ0) is 10.2. The van der Waals surface area contributed by atoms with Crippen molar-refractivity contribution in [2.45, 2.75) is 18.8 Å². The summed E-state index contributed by atoms with van der Waals surface area (Å²) in [6.07, 6.45) is 0.897. The van der Waals surface area contributed by atoms with Crippen LogP contribution in [-0.4, -0.2) is 34.5 Å². The molecular formula is C9H12N2O3. The average molecular weight is 196 g/mol. The number of aromatic amines is 1. The number of hydrogen-bond donors (Lipinski definition) is 2. The second kappa shape index (κ2) is 3.09. The molecule has 5 heteroatoms. The Kier molecular flexibility index (Phi) is 2.03. The zero-order valence-corrected chi connectivity index (χ0v) is 7.91. The van der Waals surface area contributed by atoms with Crippen LogP contribution in [0.15, 0.2) is 6.07 Å². The number of carboxylic acids is 1. The molecule has 2 N–H and O–H groups in total. The van der Waals surface area contributed by atoms with Gasteiger partial charge >= 0.3 is 5.97 Å². The molecule has 0 aliphatic carbocycles. The molecule has 2 heterocycles. The molecular weight excluding hydrogens is 184 g/mol. The lowest BCUT2D eigenvalue weighted by Crippen LogP contribution is -2.22. The smallest absolute Gasteiger partial charge is 0.356 e. The van der Waals surface area contributed by atoms with Crippen LogP contribution in [0.4, 0.5) is 0 Å². The molecule has 14 heavy (non-hydrogen) atoms. The lowest BCUT2D eigenvalue weighted by Gasteiger charge is -2.18. The first kappa shape index (κ1) is 9.21. The largest absolute Gasteiger partial charge is 0.476 e. The number of nitrogens with zero attached hydrogens (tertiary/aromatic N) is 1. The summed E-state index contributed by atoms with van der Waals surface area (Å²) in [7, 11) is 0. The molecule has 5 nitrogen and oxygen atoms in total. The van der Waals surface area contributed by atoms with Crippen molar-refractivity contribution < 1.29 is 14.6 Å². The molecule has 1 aromatic rings. The minimum atomic E-state index is -1.00. The maximum absolute atomic E-state index is 10.6. The van der Waals surface area contributed by atoms with E-state index in [4.69, 9.17) is 9.84 Å². The number of carbonyl (C=O) groups is 1. The first-order valence-corrected chi connectivity index (χ1v) is 4.49. The van der Waals surface area contributed by atoms with E-state index in [1.807, 2.05) is 6.92 Å². The van der Waals surface area contributed by atoms with Gasteiger partial charge in [0.1, 0.15) is 0 Å². The standard InChI is InChI=1S/C9H12N2O3/c1-9(2-3-14-5-9)7-4-6(8(12)13)10-11-7/h4H,2-3,5H2,1H3,(H,10,11)(H,12,13). The van der Waals surface area contributed by atoms with Gasteiger partial charge in [0.2, 0.25) is 0 Å². The Morgan fingerprint density at radius 2 is 2.57 bits per heavy atom. The van der Waals surface area contributed by atoms with E-state index in [1.165, 1.54) is 0 Å². The van der Waals surface area contributed by atoms with Crippen LogP contribution in [-0.2, 0) is 10.2 Å². The number of hydrogen-bond acceptors (Lipinski definition) is 3. The van der Waals surface area contributed by atoms with Gasteiger partial charge in [-0.1, -0.05) is 6.92 Å². The molecule has 1 atom stereocenters. The highest BCUT2D eigenvalue weighted by Crippen LogP contribution is 2.31. The molecule has 2 rings (SSSR count). The van der Waals surface area contributed by atoms with Crippen molar-refractivity contribution in [2.75, 3.05) is 13.2 Å². The van der Waals surface area contributed by atoms with Crippen LogP contribution >= 0.6 is 0 Å². The second-order valence-electron chi connectivity index (χ2n) is 3.84. The second-order valence-corrected chi connectivity index (χ2v) is 3.84. The van der Waals surface area contributed by atoms with Crippen LogP contribution in [0.3, 0.4) is 0 Å². The molecule has 0 radical (unpaired) electrons. The highest BCUT2D eigenvalue weighted by molar-refractivity contribution is 5.85. The number of carboxylic acid groups (broad SMARTS) is 1. The third-order valence-corrected chi connectivity index (χ3v) is 2.67. The van der Waals surface area contributed by atoms with Crippen molar-refractivity contribution in [3.05, 3.63) is 17.5 Å². The third-order valence-electron chi connectivity index (χ3n) is 2.67. The van der Waals surface area contributed by atoms with Gasteiger partial charge in [-0.05, 0) is 12.5 Å². The normalized spacial score (nSPS) is 26.6. The van der Waals surface area contributed by atoms with Crippen molar-refractivity contribution in [1.82, 2.24) is 10.2 Å². The predicted octanol–water partition coefficient (Wildman–Crippen LogP) is 0.786. The summed E-state index contributed by atoms with van der Waals surface area (Å²) in [4.78, 5) is 10.6. The Morgan fingerprint density at radius 1 is 1.79 bits per heavy atom. The first-order chi connectivity index (χ1) is 6.62. The van der Waals surface area contributed by atoms with E-state index in [2.05, 4.69) is 10.2 Å². The average Bonchev–Trinajstić information content (AvgIpc) is 2.71. The summed E-state index contributed by atoms with van der Waals surface area (Å²) < 4.78 is 5.29. The maximum Gasteiger partial charge on any atom is 0.356 e. The fourth-order valence-corrected chi connectivity index (χ4v) is 1.62. The SMILES string of the molecule is CC1(c2cc(C(=O)O)n[nH]2)CCOC1. The van der Waals surface area contributed by atoms with Crippen molar-refractivity contribution in [3.63, 3.8) is 0 Å². The van der Waals surface area contributed by atoms with Gasteiger partial charge in [0.05, 0.1) is 6.61 Å². The Balaban J connectivity index is 2.28. The van der Waals surface area contributed by atoms with E-state index >= 15 is 0 Å². The summed E-state index contributed by atoms with van der Waals surface area (Å²) in [5, 5.41) is 15.2. The van der Waals surface area contributed by atoms with E-state index < -0.39 is 5.97 Å². The van der Waals surface area contributed by atoms with Crippen LogP contribution in [0.1, 0.15) is 29.5 Å². The number of H-pyrrole nitrogens is 1. The van der Waals surface area contributed by atoms with Gasteiger partial charge in [-0.15, -0.1) is 0 Å². The molecule has 0 bridgehead atoms. The Bertz CT molecular complexity index is 353. The number of rotatable bonds is 2. The minimum Gasteiger partial charge on any atom is -0.476 e. The van der Waals surface area contributed by atoms with Gasteiger partial charge in [0.15, 0.2) is 5.69 Å². The number of aromatic carboxylic acids is 1. The van der Waals surface area contributed by atoms with Crippen LogP contribution in [0, 0.1) is 0 Å². The molecule has 0 spiro atoms. The molecule has 0 amide bonds. The molecule has 1 unspecified atom stereocenters. The van der Waals surface area contributed by atoms with Gasteiger partial charge in [0, 0.05) is 17.7 Å². The van der Waals surface area contributed by atoms with Crippen LogP contribution in [0.5, 0.6) is 0 Å². The predicted molar refractivity (Wildman–Crippen MR) is 48.3 cm³/mol. The zero-order valence-electron chi connectivity index (χ0n) is 7.91. The lowest BCUT2D eigenvalue weighted by molar-refractivity contribution is 0.0690. The fourth-order valence-electron chi connectivity index (χ4n) is 1.62. The Hall–Kier alpha value is -1.36. The highest BCUT2D eigenvalue weighted by Gasteiger charge is 2.33. The fraction of sp³-hybridized carbons (Fsp3) is 0.556. The molecule has 1 saturated heterocycles. The molecule has 0 saturated carbocycles. The van der Waals surface area contributed by atoms with Crippen molar-refractivity contribution in [2.24, 2.45) is 0 Å². The summed E-state index contributed by atoms with van der Waals surface area (Å²) in [5.74, 6) is -1.00.